The number of nitrogens with two attached hydrogens (primary N) is 1. The van der Waals surface area contributed by atoms with E-state index in [2.05, 4.69) is 17.4 Å². The fourth-order valence-corrected chi connectivity index (χ4v) is 1.96. The first kappa shape index (κ1) is 11.1. The highest BCUT2D eigenvalue weighted by molar-refractivity contribution is 5.81. The molecule has 1 aliphatic carbocycles. The minimum atomic E-state index is -0.363. The van der Waals surface area contributed by atoms with E-state index >= 15 is 0 Å². The number of primary amides is 1. The number of nitrogens with one attached hydrogen (secondary N) is 1. The maximum absolute atomic E-state index is 11.3. The van der Waals surface area contributed by atoms with Gasteiger partial charge in [-0.25, -0.2) is 0 Å². The second kappa shape index (κ2) is 4.66. The van der Waals surface area contributed by atoms with Crippen molar-refractivity contribution in [3.8, 4) is 0 Å². The van der Waals surface area contributed by atoms with E-state index in [4.69, 9.17) is 5.73 Å². The molecule has 1 unspecified atom stereocenters. The molecule has 1 fully saturated rings. The molecule has 1 aromatic carbocycles. The fraction of sp³-hybridized carbons (Fsp3) is 0.462. The van der Waals surface area contributed by atoms with Crippen LogP contribution in [0.4, 0.5) is 0 Å². The van der Waals surface area contributed by atoms with Crippen molar-refractivity contribution in [1.82, 2.24) is 5.32 Å². The first-order chi connectivity index (χ1) is 7.72. The van der Waals surface area contributed by atoms with Gasteiger partial charge in [-0.3, -0.25) is 4.79 Å². The van der Waals surface area contributed by atoms with Gasteiger partial charge in [0.05, 0.1) is 0 Å². The minimum Gasteiger partial charge on any atom is -0.368 e. The predicted octanol–water partition coefficient (Wildman–Crippen LogP) is 1.70. The molecular formula is C13H18N2O. The second-order valence-electron chi connectivity index (χ2n) is 4.33. The average Bonchev–Trinajstić information content (AvgIpc) is 3.10. The molecule has 3 heteroatoms. The van der Waals surface area contributed by atoms with Gasteiger partial charge < -0.3 is 11.1 Å². The average molecular weight is 218 g/mol. The van der Waals surface area contributed by atoms with Gasteiger partial charge in [-0.05, 0) is 36.4 Å². The normalized spacial score (nSPS) is 17.1. The van der Waals surface area contributed by atoms with E-state index < -0.39 is 0 Å². The van der Waals surface area contributed by atoms with Crippen LogP contribution in [0.25, 0.3) is 0 Å². The Labute approximate surface area is 96.0 Å². The summed E-state index contributed by atoms with van der Waals surface area (Å²) in [4.78, 5) is 11.3. The predicted molar refractivity (Wildman–Crippen MR) is 64.0 cm³/mol. The molecular weight excluding hydrogens is 200 g/mol. The molecule has 2 rings (SSSR count). The van der Waals surface area contributed by atoms with Gasteiger partial charge in [0, 0.05) is 0 Å². The minimum absolute atomic E-state index is 0.318. The van der Waals surface area contributed by atoms with Crippen LogP contribution in [-0.2, 0) is 4.79 Å². The number of carbonyl (C=O) groups is 1. The molecule has 1 amide bonds. The molecule has 16 heavy (non-hydrogen) atoms. The summed E-state index contributed by atoms with van der Waals surface area (Å²) in [6, 6.07) is 7.87. The van der Waals surface area contributed by atoms with Gasteiger partial charge in [0.25, 0.3) is 0 Å². The molecule has 3 N–H and O–H groups in total. The van der Waals surface area contributed by atoms with Crippen molar-refractivity contribution < 1.29 is 4.79 Å². The Bertz CT molecular complexity index is 368. The SMILES string of the molecule is CCNC(C(N)=O)c1ccc(C2CC2)cc1. The van der Waals surface area contributed by atoms with Gasteiger partial charge in [-0.1, -0.05) is 31.2 Å². The topological polar surface area (TPSA) is 55.1 Å². The molecule has 1 aliphatic rings. The third kappa shape index (κ3) is 2.42. The zero-order valence-electron chi connectivity index (χ0n) is 9.57. The smallest absolute Gasteiger partial charge is 0.239 e. The largest absolute Gasteiger partial charge is 0.368 e. The highest BCUT2D eigenvalue weighted by Crippen LogP contribution is 2.40. The summed E-state index contributed by atoms with van der Waals surface area (Å²) in [5.74, 6) is 0.432. The summed E-state index contributed by atoms with van der Waals surface area (Å²) in [7, 11) is 0. The molecule has 3 nitrogen and oxygen atoms in total. The summed E-state index contributed by atoms with van der Waals surface area (Å²) in [5, 5.41) is 3.09. The van der Waals surface area contributed by atoms with Crippen LogP contribution in [0.1, 0.15) is 42.9 Å². The molecule has 0 heterocycles. The third-order valence-electron chi connectivity index (χ3n) is 3.01. The van der Waals surface area contributed by atoms with Gasteiger partial charge in [-0.2, -0.15) is 0 Å². The Morgan fingerprint density at radius 1 is 1.44 bits per heavy atom. The van der Waals surface area contributed by atoms with E-state index in [-0.39, 0.29) is 11.9 Å². The van der Waals surface area contributed by atoms with Gasteiger partial charge in [-0.15, -0.1) is 0 Å². The van der Waals surface area contributed by atoms with E-state index in [1.807, 2.05) is 19.1 Å². The number of carbonyl (C=O) groups excluding carboxylic acids is 1. The summed E-state index contributed by atoms with van der Waals surface area (Å²) in [6.45, 7) is 2.70. The monoisotopic (exact) mass is 218 g/mol. The number of hydrogen-bond acceptors (Lipinski definition) is 2. The maximum Gasteiger partial charge on any atom is 0.239 e. The van der Waals surface area contributed by atoms with Crippen LogP contribution in [0, 0.1) is 0 Å². The Balaban J connectivity index is 2.14. The quantitative estimate of drug-likeness (QED) is 0.790. The number of hydrogen-bond donors (Lipinski definition) is 2. The van der Waals surface area contributed by atoms with Crippen LogP contribution in [0.3, 0.4) is 0 Å². The second-order valence-corrected chi connectivity index (χ2v) is 4.33. The molecule has 0 radical (unpaired) electrons. The van der Waals surface area contributed by atoms with E-state index in [1.165, 1.54) is 18.4 Å². The first-order valence-corrected chi connectivity index (χ1v) is 5.85. The number of rotatable bonds is 5. The summed E-state index contributed by atoms with van der Waals surface area (Å²) < 4.78 is 0. The lowest BCUT2D eigenvalue weighted by Gasteiger charge is -2.14. The Kier molecular flexibility index (Phi) is 3.25. The molecule has 0 spiro atoms. The molecule has 0 aromatic heterocycles. The first-order valence-electron chi connectivity index (χ1n) is 5.85. The lowest BCUT2D eigenvalue weighted by atomic mass is 10.0. The molecule has 86 valence electrons. The lowest BCUT2D eigenvalue weighted by Crippen LogP contribution is -2.33. The van der Waals surface area contributed by atoms with Crippen molar-refractivity contribution in [2.45, 2.75) is 31.7 Å². The number of amides is 1. The Morgan fingerprint density at radius 3 is 2.50 bits per heavy atom. The fourth-order valence-electron chi connectivity index (χ4n) is 1.96. The van der Waals surface area contributed by atoms with E-state index in [1.54, 1.807) is 0 Å². The van der Waals surface area contributed by atoms with Crippen LogP contribution in [-0.4, -0.2) is 12.5 Å². The summed E-state index contributed by atoms with van der Waals surface area (Å²) in [5.41, 5.74) is 7.70. The number of likely N-dealkylation sites (N-methyl/N-ethyl adjacent to an activating group) is 1. The van der Waals surface area contributed by atoms with Crippen LogP contribution in [0.2, 0.25) is 0 Å². The maximum atomic E-state index is 11.3. The van der Waals surface area contributed by atoms with Crippen molar-refractivity contribution in [2.24, 2.45) is 5.73 Å². The molecule has 0 saturated heterocycles. The van der Waals surface area contributed by atoms with Crippen molar-refractivity contribution in [3.05, 3.63) is 35.4 Å². The molecule has 1 atom stereocenters. The van der Waals surface area contributed by atoms with Gasteiger partial charge >= 0.3 is 0 Å². The van der Waals surface area contributed by atoms with Gasteiger partial charge in [0.1, 0.15) is 6.04 Å². The lowest BCUT2D eigenvalue weighted by molar-refractivity contribution is -0.120. The number of benzene rings is 1. The van der Waals surface area contributed by atoms with Crippen LogP contribution in [0.5, 0.6) is 0 Å². The van der Waals surface area contributed by atoms with Crippen molar-refractivity contribution in [3.63, 3.8) is 0 Å². The Morgan fingerprint density at radius 2 is 2.06 bits per heavy atom. The zero-order chi connectivity index (χ0) is 11.5. The highest BCUT2D eigenvalue weighted by atomic mass is 16.1. The van der Waals surface area contributed by atoms with Gasteiger partial charge in [0.2, 0.25) is 5.91 Å². The van der Waals surface area contributed by atoms with E-state index in [9.17, 15) is 4.79 Å². The highest BCUT2D eigenvalue weighted by Gasteiger charge is 2.24. The summed E-state index contributed by atoms with van der Waals surface area (Å²) >= 11 is 0. The van der Waals surface area contributed by atoms with Crippen LogP contribution >= 0.6 is 0 Å². The van der Waals surface area contributed by atoms with Crippen LogP contribution in [0.15, 0.2) is 24.3 Å². The zero-order valence-corrected chi connectivity index (χ0v) is 9.57. The molecule has 1 saturated carbocycles. The Hall–Kier alpha value is -1.35. The molecule has 1 aromatic rings. The van der Waals surface area contributed by atoms with Crippen molar-refractivity contribution in [2.75, 3.05) is 6.54 Å². The third-order valence-corrected chi connectivity index (χ3v) is 3.01. The van der Waals surface area contributed by atoms with Gasteiger partial charge in [0.15, 0.2) is 0 Å². The molecule has 0 bridgehead atoms. The summed E-state index contributed by atoms with van der Waals surface area (Å²) in [6.07, 6.45) is 2.59. The van der Waals surface area contributed by atoms with E-state index in [0.29, 0.717) is 0 Å². The standard InChI is InChI=1S/C13H18N2O/c1-2-15-12(13(14)16)11-7-5-10(6-8-11)9-3-4-9/h5-9,12,15H,2-4H2,1H3,(H2,14,16). The van der Waals surface area contributed by atoms with Crippen molar-refractivity contribution in [1.29, 1.82) is 0 Å². The van der Waals surface area contributed by atoms with E-state index in [0.717, 1.165) is 18.0 Å². The molecule has 0 aliphatic heterocycles. The van der Waals surface area contributed by atoms with Crippen LogP contribution < -0.4 is 11.1 Å². The van der Waals surface area contributed by atoms with Crippen molar-refractivity contribution >= 4 is 5.91 Å².